The molecule has 1 aliphatic heterocycles. The molecule has 2 atom stereocenters. The average molecular weight is 286 g/mol. The smallest absolute Gasteiger partial charge is 0.255 e. The van der Waals surface area contributed by atoms with Crippen molar-refractivity contribution in [1.82, 2.24) is 10.6 Å². The summed E-state index contributed by atoms with van der Waals surface area (Å²) < 4.78 is 5.32. The van der Waals surface area contributed by atoms with E-state index in [-0.39, 0.29) is 29.4 Å². The molecule has 1 fully saturated rings. The number of phenols is 1. The highest BCUT2D eigenvalue weighted by Gasteiger charge is 2.29. The van der Waals surface area contributed by atoms with Crippen molar-refractivity contribution >= 4 is 16.7 Å². The van der Waals surface area contributed by atoms with Crippen LogP contribution in [0, 0.1) is 0 Å². The quantitative estimate of drug-likeness (QED) is 0.794. The van der Waals surface area contributed by atoms with Crippen molar-refractivity contribution < 1.29 is 14.6 Å². The number of amides is 1. The number of ether oxygens (including phenoxy) is 1. The highest BCUT2D eigenvalue weighted by Crippen LogP contribution is 2.28. The number of carbonyl (C=O) groups is 1. The lowest BCUT2D eigenvalue weighted by molar-refractivity contribution is 0.0778. The molecule has 110 valence electrons. The summed E-state index contributed by atoms with van der Waals surface area (Å²) in [6, 6.07) is 10.8. The Labute approximate surface area is 122 Å². The molecule has 21 heavy (non-hydrogen) atoms. The number of benzene rings is 2. The molecule has 1 aliphatic rings. The van der Waals surface area contributed by atoms with E-state index in [9.17, 15) is 9.90 Å². The molecule has 2 aromatic rings. The summed E-state index contributed by atoms with van der Waals surface area (Å²) in [5.41, 5.74) is 0.287. The largest absolute Gasteiger partial charge is 0.506 e. The van der Waals surface area contributed by atoms with Gasteiger partial charge in [0.25, 0.3) is 5.91 Å². The predicted molar refractivity (Wildman–Crippen MR) is 80.5 cm³/mol. The lowest BCUT2D eigenvalue weighted by Gasteiger charge is -2.19. The Morgan fingerprint density at radius 2 is 2.10 bits per heavy atom. The average Bonchev–Trinajstić information content (AvgIpc) is 2.95. The van der Waals surface area contributed by atoms with Crippen LogP contribution in [0.1, 0.15) is 10.4 Å². The van der Waals surface area contributed by atoms with Gasteiger partial charge < -0.3 is 20.5 Å². The Morgan fingerprint density at radius 3 is 2.90 bits per heavy atom. The van der Waals surface area contributed by atoms with Gasteiger partial charge in [0.1, 0.15) is 5.75 Å². The molecule has 1 amide bonds. The summed E-state index contributed by atoms with van der Waals surface area (Å²) in [5, 5.41) is 18.0. The molecule has 5 heteroatoms. The van der Waals surface area contributed by atoms with E-state index in [2.05, 4.69) is 10.6 Å². The van der Waals surface area contributed by atoms with Gasteiger partial charge in [0.05, 0.1) is 17.7 Å². The van der Waals surface area contributed by atoms with Gasteiger partial charge in [-0.15, -0.1) is 0 Å². The van der Waals surface area contributed by atoms with E-state index >= 15 is 0 Å². The summed E-state index contributed by atoms with van der Waals surface area (Å²) in [6.07, 6.45) is -0.0449. The van der Waals surface area contributed by atoms with Gasteiger partial charge in [-0.2, -0.15) is 0 Å². The van der Waals surface area contributed by atoms with Crippen LogP contribution in [0.15, 0.2) is 36.4 Å². The molecule has 0 spiro atoms. The minimum Gasteiger partial charge on any atom is -0.506 e. The molecule has 0 saturated carbocycles. The van der Waals surface area contributed by atoms with E-state index in [1.54, 1.807) is 19.2 Å². The van der Waals surface area contributed by atoms with E-state index in [0.717, 1.165) is 5.39 Å². The van der Waals surface area contributed by atoms with Crippen LogP contribution >= 0.6 is 0 Å². The molecule has 0 aliphatic carbocycles. The van der Waals surface area contributed by atoms with E-state index in [0.29, 0.717) is 18.5 Å². The molecular formula is C16H18N2O3. The number of aromatic hydroxyl groups is 1. The second-order valence-corrected chi connectivity index (χ2v) is 5.20. The summed E-state index contributed by atoms with van der Waals surface area (Å²) in [5.74, 6) is -0.264. The lowest BCUT2D eigenvalue weighted by atomic mass is 10.0. The topological polar surface area (TPSA) is 70.6 Å². The van der Waals surface area contributed by atoms with Gasteiger partial charge in [0.15, 0.2) is 0 Å². The highest BCUT2D eigenvalue weighted by molar-refractivity contribution is 6.03. The number of hydrogen-bond donors (Lipinski definition) is 3. The van der Waals surface area contributed by atoms with Crippen molar-refractivity contribution in [3.63, 3.8) is 0 Å². The summed E-state index contributed by atoms with van der Waals surface area (Å²) in [7, 11) is 1.63. The van der Waals surface area contributed by atoms with Gasteiger partial charge in [0.2, 0.25) is 0 Å². The minimum atomic E-state index is -0.283. The zero-order valence-electron chi connectivity index (χ0n) is 11.8. The molecule has 5 nitrogen and oxygen atoms in total. The monoisotopic (exact) mass is 286 g/mol. The Morgan fingerprint density at radius 1 is 1.29 bits per heavy atom. The molecule has 3 N–H and O–H groups in total. The summed E-state index contributed by atoms with van der Waals surface area (Å²) in [6.45, 7) is 1.38. The first-order valence-corrected chi connectivity index (χ1v) is 6.96. The van der Waals surface area contributed by atoms with Crippen molar-refractivity contribution in [2.45, 2.75) is 12.1 Å². The van der Waals surface area contributed by atoms with Crippen molar-refractivity contribution in [3.05, 3.63) is 42.0 Å². The first kappa shape index (κ1) is 13.9. The maximum absolute atomic E-state index is 12.4. The third kappa shape index (κ3) is 2.57. The first-order chi connectivity index (χ1) is 10.2. The first-order valence-electron chi connectivity index (χ1n) is 6.96. The highest BCUT2D eigenvalue weighted by atomic mass is 16.5. The van der Waals surface area contributed by atoms with Crippen LogP contribution in [-0.4, -0.2) is 43.4 Å². The zero-order valence-corrected chi connectivity index (χ0v) is 11.8. The fourth-order valence-electron chi connectivity index (χ4n) is 2.73. The fourth-order valence-corrected chi connectivity index (χ4v) is 2.73. The van der Waals surface area contributed by atoms with Crippen LogP contribution < -0.4 is 10.6 Å². The lowest BCUT2D eigenvalue weighted by Crippen LogP contribution is -2.43. The van der Waals surface area contributed by atoms with Gasteiger partial charge in [0, 0.05) is 25.6 Å². The third-order valence-corrected chi connectivity index (χ3v) is 3.92. The summed E-state index contributed by atoms with van der Waals surface area (Å²) in [4.78, 5) is 12.4. The van der Waals surface area contributed by atoms with E-state index in [1.165, 1.54) is 0 Å². The van der Waals surface area contributed by atoms with Gasteiger partial charge in [-0.3, -0.25) is 4.79 Å². The van der Waals surface area contributed by atoms with E-state index < -0.39 is 0 Å². The SMILES string of the molecule is CO[C@H]1CNCC1NC(=O)c1ccc2ccccc2c1O. The Balaban J connectivity index is 1.86. The van der Waals surface area contributed by atoms with Crippen LogP contribution in [0.2, 0.25) is 0 Å². The maximum Gasteiger partial charge on any atom is 0.255 e. The van der Waals surface area contributed by atoms with Crippen LogP contribution in [0.5, 0.6) is 5.75 Å². The van der Waals surface area contributed by atoms with Crippen LogP contribution in [0.4, 0.5) is 0 Å². The number of phenolic OH excluding ortho intramolecular Hbond substituents is 1. The Kier molecular flexibility index (Phi) is 3.77. The van der Waals surface area contributed by atoms with Gasteiger partial charge >= 0.3 is 0 Å². The Bertz CT molecular complexity index is 672. The normalized spacial score (nSPS) is 21.6. The molecule has 1 heterocycles. The molecule has 1 unspecified atom stereocenters. The predicted octanol–water partition coefficient (Wildman–Crippen LogP) is 1.26. The number of rotatable bonds is 3. The second-order valence-electron chi connectivity index (χ2n) is 5.20. The van der Waals surface area contributed by atoms with Gasteiger partial charge in [-0.25, -0.2) is 0 Å². The molecule has 0 bridgehead atoms. The second kappa shape index (κ2) is 5.71. The number of hydrogen-bond acceptors (Lipinski definition) is 4. The molecule has 0 radical (unpaired) electrons. The maximum atomic E-state index is 12.4. The van der Waals surface area contributed by atoms with Crippen molar-refractivity contribution in [1.29, 1.82) is 0 Å². The van der Waals surface area contributed by atoms with Gasteiger partial charge in [-0.1, -0.05) is 30.3 Å². The standard InChI is InChI=1S/C16H18N2O3/c1-21-14-9-17-8-13(14)18-16(20)12-7-6-10-4-2-3-5-11(10)15(12)19/h2-7,13-14,17,19H,8-9H2,1H3,(H,18,20)/t13?,14-/m0/s1. The Hall–Kier alpha value is -2.11. The van der Waals surface area contributed by atoms with E-state index in [4.69, 9.17) is 4.74 Å². The molecule has 0 aromatic heterocycles. The summed E-state index contributed by atoms with van der Waals surface area (Å²) >= 11 is 0. The van der Waals surface area contributed by atoms with Crippen LogP contribution in [0.25, 0.3) is 10.8 Å². The minimum absolute atomic E-state index is 0.0190. The molecule has 2 aromatic carbocycles. The number of nitrogens with one attached hydrogen (secondary N) is 2. The van der Waals surface area contributed by atoms with Crippen LogP contribution in [0.3, 0.4) is 0 Å². The van der Waals surface area contributed by atoms with E-state index in [1.807, 2.05) is 24.3 Å². The van der Waals surface area contributed by atoms with Crippen molar-refractivity contribution in [2.75, 3.05) is 20.2 Å². The molecule has 1 saturated heterocycles. The fraction of sp³-hybridized carbons (Fsp3) is 0.312. The number of fused-ring (bicyclic) bond motifs is 1. The molecular weight excluding hydrogens is 268 g/mol. The van der Waals surface area contributed by atoms with Crippen molar-refractivity contribution in [3.8, 4) is 5.75 Å². The number of methoxy groups -OCH3 is 1. The molecule has 3 rings (SSSR count). The van der Waals surface area contributed by atoms with Gasteiger partial charge in [-0.05, 0) is 11.5 Å². The third-order valence-electron chi connectivity index (χ3n) is 3.92. The zero-order chi connectivity index (χ0) is 14.8. The van der Waals surface area contributed by atoms with Crippen LogP contribution in [-0.2, 0) is 4.74 Å². The van der Waals surface area contributed by atoms with Crippen molar-refractivity contribution in [2.24, 2.45) is 0 Å². The number of carbonyl (C=O) groups excluding carboxylic acids is 1.